The predicted octanol–water partition coefficient (Wildman–Crippen LogP) is 2.65. The van der Waals surface area contributed by atoms with Crippen LogP contribution in [0, 0.1) is 0 Å². The highest BCUT2D eigenvalue weighted by molar-refractivity contribution is 6.24. The maximum atomic E-state index is 13.2. The summed E-state index contributed by atoms with van der Waals surface area (Å²) in [5.41, 5.74) is 3.94. The van der Waals surface area contributed by atoms with Crippen LogP contribution < -0.4 is 25.4 Å². The molecule has 1 fully saturated rings. The zero-order chi connectivity index (χ0) is 36.2. The molecule has 1 unspecified atom stereocenters. The van der Waals surface area contributed by atoms with E-state index in [4.69, 9.17) is 9.47 Å². The lowest BCUT2D eigenvalue weighted by molar-refractivity contribution is -0.136. The van der Waals surface area contributed by atoms with Crippen molar-refractivity contribution in [2.24, 2.45) is 0 Å². The van der Waals surface area contributed by atoms with Gasteiger partial charge >= 0.3 is 0 Å². The van der Waals surface area contributed by atoms with Crippen molar-refractivity contribution < 1.29 is 38.2 Å². The molecule has 3 aromatic heterocycles. The molecule has 2 aliphatic rings. The van der Waals surface area contributed by atoms with Gasteiger partial charge in [0.1, 0.15) is 11.8 Å². The number of unbranched alkanes of at least 4 members (excludes halogenated alkanes) is 1. The number of hydrogen-bond donors (Lipinski definition) is 4. The Morgan fingerprint density at radius 3 is 2.35 bits per heavy atom. The minimum Gasteiger partial charge on any atom is -0.483 e. The van der Waals surface area contributed by atoms with Gasteiger partial charge in [0.05, 0.1) is 11.1 Å². The van der Waals surface area contributed by atoms with Crippen molar-refractivity contribution in [3.05, 3.63) is 84.3 Å². The zero-order valence-electron chi connectivity index (χ0n) is 27.8. The first-order valence-electron chi connectivity index (χ1n) is 16.7. The molecule has 1 atom stereocenters. The van der Waals surface area contributed by atoms with Crippen LogP contribution in [0.4, 0.5) is 0 Å². The third kappa shape index (κ3) is 7.01. The standard InChI is InChI=1S/C37H33N7O8/c45-30-10-9-28(35(48)43-30)44-36(49)24-4-3-5-29(34(24)37(44)50)51-19-31(46)39-13-1-2-14-40-32(47)20-52-33-11-7-22(17-41-33)21-6-8-23-25-18-38-15-12-26(25)42-27(23)16-21/h3-8,11-12,15-18,28,42H,1-2,9-10,13-14,19-20H2,(H,39,46)(H,40,47)(H,43,45,48). The number of fused-ring (bicyclic) bond motifs is 4. The number of imide groups is 2. The monoisotopic (exact) mass is 703 g/mol. The van der Waals surface area contributed by atoms with Gasteiger partial charge in [0.2, 0.25) is 17.7 Å². The van der Waals surface area contributed by atoms with E-state index in [0.717, 1.165) is 37.8 Å². The van der Waals surface area contributed by atoms with Crippen LogP contribution in [-0.4, -0.2) is 87.6 Å². The first kappa shape index (κ1) is 33.8. The Balaban J connectivity index is 0.797. The molecule has 0 spiro atoms. The van der Waals surface area contributed by atoms with Crippen molar-refractivity contribution in [3.63, 3.8) is 0 Å². The summed E-state index contributed by atoms with van der Waals surface area (Å²) in [5, 5.41) is 9.80. The number of nitrogens with zero attached hydrogens (tertiary/aromatic N) is 3. The van der Waals surface area contributed by atoms with E-state index >= 15 is 0 Å². The van der Waals surface area contributed by atoms with Gasteiger partial charge in [0.25, 0.3) is 23.6 Å². The topological polar surface area (TPSA) is 202 Å². The summed E-state index contributed by atoms with van der Waals surface area (Å²) in [6.45, 7) is 0.0980. The number of amides is 6. The van der Waals surface area contributed by atoms with Crippen LogP contribution >= 0.6 is 0 Å². The normalized spacial score (nSPS) is 15.5. The molecule has 2 aromatic carbocycles. The Kier molecular flexibility index (Phi) is 9.56. The molecule has 15 heteroatoms. The van der Waals surface area contributed by atoms with Gasteiger partial charge in [0, 0.05) is 71.5 Å². The number of carbonyl (C=O) groups excluding carboxylic acids is 6. The fourth-order valence-electron chi connectivity index (χ4n) is 6.26. The summed E-state index contributed by atoms with van der Waals surface area (Å²) in [4.78, 5) is 87.5. The summed E-state index contributed by atoms with van der Waals surface area (Å²) in [6.07, 6.45) is 6.50. The summed E-state index contributed by atoms with van der Waals surface area (Å²) in [5.74, 6) is -2.94. The Hall–Kier alpha value is -6.64. The Morgan fingerprint density at radius 2 is 1.60 bits per heavy atom. The molecule has 7 rings (SSSR count). The molecule has 0 saturated carbocycles. The van der Waals surface area contributed by atoms with Crippen molar-refractivity contribution in [1.82, 2.24) is 35.8 Å². The highest BCUT2D eigenvalue weighted by Gasteiger charge is 2.46. The maximum absolute atomic E-state index is 13.2. The third-order valence-corrected chi connectivity index (χ3v) is 8.86. The van der Waals surface area contributed by atoms with E-state index in [-0.39, 0.29) is 42.2 Å². The second kappa shape index (κ2) is 14.7. The van der Waals surface area contributed by atoms with Crippen LogP contribution in [0.25, 0.3) is 32.9 Å². The summed E-state index contributed by atoms with van der Waals surface area (Å²) in [7, 11) is 0. The minimum absolute atomic E-state index is 0.00630. The molecular formula is C37H33N7O8. The lowest BCUT2D eigenvalue weighted by Crippen LogP contribution is -2.54. The molecular weight excluding hydrogens is 670 g/mol. The van der Waals surface area contributed by atoms with Crippen LogP contribution in [0.5, 0.6) is 11.6 Å². The Labute approximate surface area is 296 Å². The van der Waals surface area contributed by atoms with Gasteiger partial charge in [-0.3, -0.25) is 44.0 Å². The molecule has 1 saturated heterocycles. The molecule has 2 aliphatic heterocycles. The van der Waals surface area contributed by atoms with Crippen molar-refractivity contribution in [2.75, 3.05) is 26.3 Å². The van der Waals surface area contributed by atoms with Gasteiger partial charge < -0.3 is 25.1 Å². The van der Waals surface area contributed by atoms with Crippen LogP contribution in [-0.2, 0) is 19.2 Å². The van der Waals surface area contributed by atoms with E-state index in [1.165, 1.54) is 18.2 Å². The Morgan fingerprint density at radius 1 is 0.827 bits per heavy atom. The minimum atomic E-state index is -1.11. The van der Waals surface area contributed by atoms with Crippen molar-refractivity contribution in [3.8, 4) is 22.8 Å². The molecule has 4 N–H and O–H groups in total. The fourth-order valence-corrected chi connectivity index (χ4v) is 6.26. The average molecular weight is 704 g/mol. The first-order chi connectivity index (χ1) is 25.3. The third-order valence-electron chi connectivity index (χ3n) is 8.86. The fraction of sp³-hybridized carbons (Fsp3) is 0.243. The molecule has 52 heavy (non-hydrogen) atoms. The Bertz CT molecular complexity index is 2230. The van der Waals surface area contributed by atoms with Crippen LogP contribution in [0.3, 0.4) is 0 Å². The lowest BCUT2D eigenvalue weighted by atomic mass is 10.0. The van der Waals surface area contributed by atoms with E-state index in [9.17, 15) is 28.8 Å². The first-order valence-corrected chi connectivity index (χ1v) is 16.7. The quantitative estimate of drug-likeness (QED) is 0.104. The summed E-state index contributed by atoms with van der Waals surface area (Å²) >= 11 is 0. The molecule has 5 aromatic rings. The number of piperidine rings is 1. The zero-order valence-corrected chi connectivity index (χ0v) is 27.8. The predicted molar refractivity (Wildman–Crippen MR) is 186 cm³/mol. The second-order valence-electron chi connectivity index (χ2n) is 12.3. The SMILES string of the molecule is O=C(COc1ccc(-c2ccc3c(c2)[nH]c2ccncc23)cn1)NCCCCNC(=O)COc1cccc2c1C(=O)N(C1CCC(=O)NC1=O)C2=O. The molecule has 15 nitrogen and oxygen atoms in total. The van der Waals surface area contributed by atoms with Crippen molar-refractivity contribution in [1.29, 1.82) is 0 Å². The number of H-pyrrole nitrogens is 1. The number of benzene rings is 2. The number of carbonyl (C=O) groups is 6. The largest absolute Gasteiger partial charge is 0.483 e. The average Bonchev–Trinajstić information content (AvgIpc) is 3.65. The smallest absolute Gasteiger partial charge is 0.266 e. The maximum Gasteiger partial charge on any atom is 0.266 e. The number of pyridine rings is 2. The molecule has 0 bridgehead atoms. The highest BCUT2D eigenvalue weighted by Crippen LogP contribution is 2.34. The van der Waals surface area contributed by atoms with Gasteiger partial charge in [-0.05, 0) is 55.2 Å². The van der Waals surface area contributed by atoms with E-state index in [2.05, 4.69) is 43.0 Å². The van der Waals surface area contributed by atoms with Gasteiger partial charge in [-0.1, -0.05) is 18.2 Å². The molecule has 264 valence electrons. The highest BCUT2D eigenvalue weighted by atomic mass is 16.5. The van der Waals surface area contributed by atoms with Gasteiger partial charge in [0.15, 0.2) is 13.2 Å². The van der Waals surface area contributed by atoms with E-state index in [1.807, 2.05) is 24.4 Å². The second-order valence-corrected chi connectivity index (χ2v) is 12.3. The van der Waals surface area contributed by atoms with Crippen LogP contribution in [0.15, 0.2) is 73.2 Å². The van der Waals surface area contributed by atoms with Gasteiger partial charge in [-0.2, -0.15) is 0 Å². The van der Waals surface area contributed by atoms with E-state index in [1.54, 1.807) is 18.5 Å². The molecule has 6 amide bonds. The van der Waals surface area contributed by atoms with Crippen LogP contribution in [0.2, 0.25) is 0 Å². The number of ether oxygens (including phenoxy) is 2. The van der Waals surface area contributed by atoms with Crippen molar-refractivity contribution >= 4 is 57.2 Å². The van der Waals surface area contributed by atoms with E-state index in [0.29, 0.717) is 31.8 Å². The summed E-state index contributed by atoms with van der Waals surface area (Å²) in [6, 6.07) is 15.0. The number of aromatic nitrogens is 3. The van der Waals surface area contributed by atoms with E-state index < -0.39 is 42.2 Å². The van der Waals surface area contributed by atoms with Gasteiger partial charge in [-0.15, -0.1) is 0 Å². The molecule has 0 aliphatic carbocycles. The van der Waals surface area contributed by atoms with Crippen molar-refractivity contribution in [2.45, 2.75) is 31.7 Å². The lowest BCUT2D eigenvalue weighted by Gasteiger charge is -2.27. The van der Waals surface area contributed by atoms with Crippen LogP contribution in [0.1, 0.15) is 46.4 Å². The number of nitrogens with one attached hydrogen (secondary N) is 4. The van der Waals surface area contributed by atoms with Gasteiger partial charge in [-0.25, -0.2) is 4.98 Å². The summed E-state index contributed by atoms with van der Waals surface area (Å²) < 4.78 is 11.1. The number of aromatic amines is 1. The number of rotatable bonds is 13. The number of hydrogen-bond acceptors (Lipinski definition) is 10. The molecule has 0 radical (unpaired) electrons. The molecule has 5 heterocycles.